The van der Waals surface area contributed by atoms with Gasteiger partial charge in [0.05, 0.1) is 12.9 Å². The molecular formula is C8H13N3O3S. The van der Waals surface area contributed by atoms with Gasteiger partial charge in [0.25, 0.3) is 10.0 Å². The first-order valence-corrected chi connectivity index (χ1v) is 6.26. The topological polar surface area (TPSA) is 64.4 Å². The molecule has 0 aliphatic carbocycles. The molecule has 1 saturated heterocycles. The van der Waals surface area contributed by atoms with Crippen molar-refractivity contribution in [3.63, 3.8) is 0 Å². The van der Waals surface area contributed by atoms with Crippen LogP contribution >= 0.6 is 0 Å². The third-order valence-corrected chi connectivity index (χ3v) is 3.79. The molecule has 0 amide bonds. The summed E-state index contributed by atoms with van der Waals surface area (Å²) < 4.78 is 26.5. The number of aryl methyl sites for hydroxylation is 1. The summed E-state index contributed by atoms with van der Waals surface area (Å²) in [4.78, 5) is 8.87. The van der Waals surface area contributed by atoms with Crippen LogP contribution in [0.1, 0.15) is 13.3 Å². The zero-order valence-corrected chi connectivity index (χ0v) is 9.27. The van der Waals surface area contributed by atoms with Crippen LogP contribution in [0.3, 0.4) is 0 Å². The van der Waals surface area contributed by atoms with E-state index in [1.54, 1.807) is 4.57 Å². The highest BCUT2D eigenvalue weighted by atomic mass is 32.2. The fraction of sp³-hybridized carbons (Fsp3) is 0.625. The Bertz CT molecular complexity index is 434. The second-order valence-corrected chi connectivity index (χ2v) is 5.04. The van der Waals surface area contributed by atoms with Gasteiger partial charge < -0.3 is 4.57 Å². The molecule has 0 atom stereocenters. The molecule has 1 aromatic heterocycles. The van der Waals surface area contributed by atoms with E-state index in [9.17, 15) is 8.42 Å². The van der Waals surface area contributed by atoms with Gasteiger partial charge in [-0.05, 0) is 13.3 Å². The lowest BCUT2D eigenvalue weighted by atomic mass is 10.5. The fourth-order valence-corrected chi connectivity index (χ4v) is 2.60. The number of aromatic nitrogens is 2. The van der Waals surface area contributed by atoms with Gasteiger partial charge in [0.1, 0.15) is 0 Å². The largest absolute Gasteiger partial charge is 0.336 e. The van der Waals surface area contributed by atoms with Gasteiger partial charge in [-0.3, -0.25) is 4.84 Å². The number of nitrogens with zero attached hydrogens (tertiary/aromatic N) is 3. The standard InChI is InChI=1S/C8H13N3O3S/c1-2-10-6-8(9-7-10)15(12,13)11-4-3-5-14-11/h6-7H,2-5H2,1H3. The van der Waals surface area contributed by atoms with Crippen LogP contribution in [0.4, 0.5) is 0 Å². The van der Waals surface area contributed by atoms with Gasteiger partial charge in [0.15, 0.2) is 5.03 Å². The van der Waals surface area contributed by atoms with Crippen molar-refractivity contribution in [3.8, 4) is 0 Å². The van der Waals surface area contributed by atoms with Crippen molar-refractivity contribution < 1.29 is 13.3 Å². The van der Waals surface area contributed by atoms with E-state index in [2.05, 4.69) is 4.98 Å². The SMILES string of the molecule is CCn1cnc(S(=O)(=O)N2CCCO2)c1. The van der Waals surface area contributed by atoms with Crippen LogP contribution in [0, 0.1) is 0 Å². The third-order valence-electron chi connectivity index (χ3n) is 2.23. The molecule has 0 unspecified atom stereocenters. The van der Waals surface area contributed by atoms with E-state index in [0.717, 1.165) is 10.9 Å². The normalized spacial score (nSPS) is 18.5. The van der Waals surface area contributed by atoms with Crippen molar-refractivity contribution >= 4 is 10.0 Å². The lowest BCUT2D eigenvalue weighted by Crippen LogP contribution is -2.27. The number of sulfonamides is 1. The molecular weight excluding hydrogens is 218 g/mol. The molecule has 7 heteroatoms. The zero-order chi connectivity index (χ0) is 10.9. The first-order valence-electron chi connectivity index (χ1n) is 4.82. The summed E-state index contributed by atoms with van der Waals surface area (Å²) in [5, 5.41) is 0.0475. The Hall–Kier alpha value is -0.920. The van der Waals surface area contributed by atoms with Crippen LogP contribution in [-0.2, 0) is 21.4 Å². The minimum Gasteiger partial charge on any atom is -0.336 e. The molecule has 15 heavy (non-hydrogen) atoms. The zero-order valence-electron chi connectivity index (χ0n) is 8.46. The maximum Gasteiger partial charge on any atom is 0.283 e. The molecule has 0 bridgehead atoms. The first kappa shape index (κ1) is 10.6. The lowest BCUT2D eigenvalue weighted by molar-refractivity contribution is -0.0286. The Morgan fingerprint density at radius 3 is 2.93 bits per heavy atom. The van der Waals surface area contributed by atoms with Crippen LogP contribution in [0.2, 0.25) is 0 Å². The minimum absolute atomic E-state index is 0.0475. The predicted octanol–water partition coefficient (Wildman–Crippen LogP) is 0.229. The van der Waals surface area contributed by atoms with Crippen LogP contribution < -0.4 is 0 Å². The molecule has 0 saturated carbocycles. The minimum atomic E-state index is -3.55. The second kappa shape index (κ2) is 3.92. The van der Waals surface area contributed by atoms with Crippen molar-refractivity contribution in [2.75, 3.05) is 13.2 Å². The van der Waals surface area contributed by atoms with Crippen molar-refractivity contribution in [2.45, 2.75) is 24.9 Å². The van der Waals surface area contributed by atoms with Crippen LogP contribution in [0.15, 0.2) is 17.6 Å². The van der Waals surface area contributed by atoms with E-state index in [1.807, 2.05) is 6.92 Å². The average Bonchev–Trinajstić information content (AvgIpc) is 2.89. The van der Waals surface area contributed by atoms with Crippen LogP contribution in [-0.4, -0.2) is 35.6 Å². The highest BCUT2D eigenvalue weighted by molar-refractivity contribution is 7.88. The molecule has 1 aromatic rings. The fourth-order valence-electron chi connectivity index (χ4n) is 1.36. The first-order chi connectivity index (χ1) is 7.14. The van der Waals surface area contributed by atoms with Crippen molar-refractivity contribution in [3.05, 3.63) is 12.5 Å². The van der Waals surface area contributed by atoms with Gasteiger partial charge in [-0.2, -0.15) is 0 Å². The van der Waals surface area contributed by atoms with E-state index in [1.165, 1.54) is 12.5 Å². The molecule has 6 nitrogen and oxygen atoms in total. The van der Waals surface area contributed by atoms with Gasteiger partial charge in [-0.15, -0.1) is 0 Å². The summed E-state index contributed by atoms with van der Waals surface area (Å²) in [6.45, 7) is 3.48. The van der Waals surface area contributed by atoms with Crippen LogP contribution in [0.25, 0.3) is 0 Å². The maximum absolute atomic E-state index is 11.9. The van der Waals surface area contributed by atoms with Gasteiger partial charge in [0, 0.05) is 19.3 Å². The summed E-state index contributed by atoms with van der Waals surface area (Å²) in [6, 6.07) is 0. The summed E-state index contributed by atoms with van der Waals surface area (Å²) in [5.41, 5.74) is 0. The van der Waals surface area contributed by atoms with Gasteiger partial charge >= 0.3 is 0 Å². The molecule has 1 aliphatic rings. The van der Waals surface area contributed by atoms with Gasteiger partial charge in [-0.1, -0.05) is 4.47 Å². The summed E-state index contributed by atoms with van der Waals surface area (Å²) >= 11 is 0. The Kier molecular flexibility index (Phi) is 2.76. The van der Waals surface area contributed by atoms with E-state index < -0.39 is 10.0 Å². The van der Waals surface area contributed by atoms with Gasteiger partial charge in [-0.25, -0.2) is 13.4 Å². The number of hydrogen-bond acceptors (Lipinski definition) is 4. The molecule has 0 aromatic carbocycles. The van der Waals surface area contributed by atoms with Crippen LogP contribution in [0.5, 0.6) is 0 Å². The molecule has 0 N–H and O–H groups in total. The van der Waals surface area contributed by atoms with E-state index in [-0.39, 0.29) is 5.03 Å². The number of rotatable bonds is 3. The molecule has 1 aliphatic heterocycles. The molecule has 0 radical (unpaired) electrons. The Labute approximate surface area is 88.5 Å². The number of imidazole rings is 1. The Morgan fingerprint density at radius 1 is 1.60 bits per heavy atom. The van der Waals surface area contributed by atoms with E-state index in [0.29, 0.717) is 19.7 Å². The molecule has 2 heterocycles. The lowest BCUT2D eigenvalue weighted by Gasteiger charge is -2.11. The van der Waals surface area contributed by atoms with E-state index in [4.69, 9.17) is 4.84 Å². The number of hydroxylamine groups is 1. The highest BCUT2D eigenvalue weighted by Gasteiger charge is 2.30. The smallest absolute Gasteiger partial charge is 0.283 e. The highest BCUT2D eigenvalue weighted by Crippen LogP contribution is 2.17. The van der Waals surface area contributed by atoms with E-state index >= 15 is 0 Å². The van der Waals surface area contributed by atoms with Gasteiger partial charge in [0.2, 0.25) is 0 Å². The van der Waals surface area contributed by atoms with Crippen molar-refractivity contribution in [1.29, 1.82) is 0 Å². The number of hydrogen-bond donors (Lipinski definition) is 0. The Balaban J connectivity index is 2.28. The monoisotopic (exact) mass is 231 g/mol. The average molecular weight is 231 g/mol. The third kappa shape index (κ3) is 1.90. The second-order valence-electron chi connectivity index (χ2n) is 3.26. The molecule has 0 spiro atoms. The molecule has 1 fully saturated rings. The Morgan fingerprint density at radius 2 is 2.40 bits per heavy atom. The predicted molar refractivity (Wildman–Crippen MR) is 52.4 cm³/mol. The maximum atomic E-state index is 11.9. The summed E-state index contributed by atoms with van der Waals surface area (Å²) in [7, 11) is -3.55. The van der Waals surface area contributed by atoms with Crippen molar-refractivity contribution in [1.82, 2.24) is 14.0 Å². The summed E-state index contributed by atoms with van der Waals surface area (Å²) in [5.74, 6) is 0. The van der Waals surface area contributed by atoms with Crippen molar-refractivity contribution in [2.24, 2.45) is 0 Å². The molecule has 84 valence electrons. The molecule has 2 rings (SSSR count). The summed E-state index contributed by atoms with van der Waals surface area (Å²) in [6.07, 6.45) is 3.74. The quantitative estimate of drug-likeness (QED) is 0.747.